The number of ether oxygens (including phenoxy) is 3. The Bertz CT molecular complexity index is 423. The first kappa shape index (κ1) is 17.2. The van der Waals surface area contributed by atoms with E-state index in [9.17, 15) is 4.79 Å². The number of rotatable bonds is 10. The fraction of sp³-hybridized carbons (Fsp3) is 0.471. The van der Waals surface area contributed by atoms with Gasteiger partial charge < -0.3 is 14.2 Å². The van der Waals surface area contributed by atoms with E-state index >= 15 is 0 Å². The predicted octanol–water partition coefficient (Wildman–Crippen LogP) is 3.50. The predicted molar refractivity (Wildman–Crippen MR) is 82.3 cm³/mol. The molecule has 1 aromatic rings. The number of carbonyl (C=O) groups is 1. The zero-order valence-corrected chi connectivity index (χ0v) is 12.8. The van der Waals surface area contributed by atoms with Crippen LogP contribution in [-0.4, -0.2) is 26.3 Å². The van der Waals surface area contributed by atoms with Gasteiger partial charge in [0, 0.05) is 12.7 Å². The summed E-state index contributed by atoms with van der Waals surface area (Å²) in [6.45, 7) is 3.55. The molecule has 4 nitrogen and oxygen atoms in total. The summed E-state index contributed by atoms with van der Waals surface area (Å²) in [7, 11) is 1.65. The van der Waals surface area contributed by atoms with Crippen LogP contribution < -0.4 is 4.74 Å². The van der Waals surface area contributed by atoms with Crippen molar-refractivity contribution < 1.29 is 19.0 Å². The molecule has 0 unspecified atom stereocenters. The third-order valence-corrected chi connectivity index (χ3v) is 2.88. The van der Waals surface area contributed by atoms with Crippen LogP contribution in [0.2, 0.25) is 0 Å². The first-order valence-electron chi connectivity index (χ1n) is 7.30. The van der Waals surface area contributed by atoms with E-state index < -0.39 is 0 Å². The molecular weight excluding hydrogens is 268 g/mol. The molecule has 0 saturated heterocycles. The third kappa shape index (κ3) is 8.15. The zero-order chi connectivity index (χ0) is 15.3. The summed E-state index contributed by atoms with van der Waals surface area (Å²) >= 11 is 0. The molecule has 0 aliphatic heterocycles. The lowest BCUT2D eigenvalue weighted by molar-refractivity contribution is -0.137. The molecule has 0 aliphatic carbocycles. The maximum Gasteiger partial charge on any atom is 0.330 e. The Hall–Kier alpha value is -1.81. The number of methoxy groups -OCH3 is 1. The average molecular weight is 292 g/mol. The van der Waals surface area contributed by atoms with E-state index in [1.165, 1.54) is 6.08 Å². The van der Waals surface area contributed by atoms with Gasteiger partial charge in [0.15, 0.2) is 0 Å². The first-order valence-corrected chi connectivity index (χ1v) is 7.30. The molecule has 0 radical (unpaired) electrons. The zero-order valence-electron chi connectivity index (χ0n) is 12.8. The van der Waals surface area contributed by atoms with Crippen LogP contribution >= 0.6 is 0 Å². The highest BCUT2D eigenvalue weighted by atomic mass is 16.5. The molecule has 4 heteroatoms. The van der Waals surface area contributed by atoms with Crippen molar-refractivity contribution in [3.63, 3.8) is 0 Å². The fourth-order valence-corrected chi connectivity index (χ4v) is 1.75. The largest absolute Gasteiger partial charge is 0.497 e. The topological polar surface area (TPSA) is 44.8 Å². The van der Waals surface area contributed by atoms with Crippen LogP contribution in [-0.2, 0) is 20.9 Å². The second kappa shape index (κ2) is 10.9. The van der Waals surface area contributed by atoms with Gasteiger partial charge >= 0.3 is 5.97 Å². The van der Waals surface area contributed by atoms with Gasteiger partial charge in [-0.1, -0.05) is 18.2 Å². The minimum absolute atomic E-state index is 0.270. The Balaban J connectivity index is 2.02. The van der Waals surface area contributed by atoms with Crippen LogP contribution in [0.3, 0.4) is 0 Å². The van der Waals surface area contributed by atoms with Gasteiger partial charge in [0.25, 0.3) is 0 Å². The molecule has 116 valence electrons. The number of hydrogen-bond acceptors (Lipinski definition) is 4. The summed E-state index contributed by atoms with van der Waals surface area (Å²) in [5.74, 6) is 0.584. The Kier molecular flexibility index (Phi) is 8.96. The molecule has 1 aromatic carbocycles. The second-order valence-corrected chi connectivity index (χ2v) is 4.55. The van der Waals surface area contributed by atoms with Crippen LogP contribution in [0.25, 0.3) is 0 Å². The average Bonchev–Trinajstić information content (AvgIpc) is 2.51. The SMILES string of the molecule is CCOC(=O)/C=C/CCCCOCc1ccc(OC)cc1. The summed E-state index contributed by atoms with van der Waals surface area (Å²) in [4.78, 5) is 11.0. The summed E-state index contributed by atoms with van der Waals surface area (Å²) in [5, 5.41) is 0. The summed E-state index contributed by atoms with van der Waals surface area (Å²) in [5.41, 5.74) is 1.14. The Morgan fingerprint density at radius 1 is 1.19 bits per heavy atom. The van der Waals surface area contributed by atoms with Gasteiger partial charge in [-0.15, -0.1) is 0 Å². The smallest absolute Gasteiger partial charge is 0.330 e. The van der Waals surface area contributed by atoms with E-state index in [2.05, 4.69) is 0 Å². The van der Waals surface area contributed by atoms with E-state index in [0.29, 0.717) is 13.2 Å². The van der Waals surface area contributed by atoms with E-state index in [1.807, 2.05) is 30.3 Å². The van der Waals surface area contributed by atoms with E-state index in [4.69, 9.17) is 14.2 Å². The van der Waals surface area contributed by atoms with Gasteiger partial charge in [-0.05, 0) is 43.9 Å². The lowest BCUT2D eigenvalue weighted by Crippen LogP contribution is -1.98. The molecule has 0 aromatic heterocycles. The highest BCUT2D eigenvalue weighted by Gasteiger charge is 1.96. The maximum atomic E-state index is 11.0. The van der Waals surface area contributed by atoms with Gasteiger partial charge in [-0.3, -0.25) is 0 Å². The van der Waals surface area contributed by atoms with Crippen LogP contribution in [0.4, 0.5) is 0 Å². The molecule has 21 heavy (non-hydrogen) atoms. The number of benzene rings is 1. The molecule has 0 aliphatic rings. The molecule has 0 bridgehead atoms. The number of unbranched alkanes of at least 4 members (excludes halogenated alkanes) is 2. The molecule has 0 N–H and O–H groups in total. The Labute approximate surface area is 126 Å². The van der Waals surface area contributed by atoms with Crippen molar-refractivity contribution in [2.75, 3.05) is 20.3 Å². The molecule has 0 atom stereocenters. The van der Waals surface area contributed by atoms with Crippen molar-refractivity contribution >= 4 is 5.97 Å². The van der Waals surface area contributed by atoms with E-state index in [1.54, 1.807) is 14.0 Å². The van der Waals surface area contributed by atoms with Crippen molar-refractivity contribution in [2.45, 2.75) is 32.8 Å². The lowest BCUT2D eigenvalue weighted by Gasteiger charge is -2.05. The maximum absolute atomic E-state index is 11.0. The molecule has 0 amide bonds. The fourth-order valence-electron chi connectivity index (χ4n) is 1.75. The second-order valence-electron chi connectivity index (χ2n) is 4.55. The van der Waals surface area contributed by atoms with Crippen LogP contribution in [0.5, 0.6) is 5.75 Å². The number of allylic oxidation sites excluding steroid dienone is 1. The van der Waals surface area contributed by atoms with Crippen molar-refractivity contribution in [3.8, 4) is 5.75 Å². The normalized spacial score (nSPS) is 10.8. The van der Waals surface area contributed by atoms with Crippen LogP contribution in [0, 0.1) is 0 Å². The quantitative estimate of drug-likeness (QED) is 0.376. The van der Waals surface area contributed by atoms with Crippen molar-refractivity contribution in [2.24, 2.45) is 0 Å². The van der Waals surface area contributed by atoms with Gasteiger partial charge in [-0.2, -0.15) is 0 Å². The molecule has 0 saturated carbocycles. The molecule has 1 rings (SSSR count). The van der Waals surface area contributed by atoms with Gasteiger partial charge in [0.1, 0.15) is 5.75 Å². The molecule has 0 fully saturated rings. The lowest BCUT2D eigenvalue weighted by atomic mass is 10.2. The standard InChI is InChI=1S/C17H24O4/c1-3-21-17(18)8-6-4-5-7-13-20-14-15-9-11-16(19-2)12-10-15/h6,8-12H,3-5,7,13-14H2,1-2H3/b8-6+. The summed E-state index contributed by atoms with van der Waals surface area (Å²) in [6.07, 6.45) is 6.18. The molecular formula is C17H24O4. The third-order valence-electron chi connectivity index (χ3n) is 2.88. The minimum Gasteiger partial charge on any atom is -0.497 e. The van der Waals surface area contributed by atoms with E-state index in [0.717, 1.165) is 37.2 Å². The summed E-state index contributed by atoms with van der Waals surface area (Å²) in [6, 6.07) is 7.86. The number of carbonyl (C=O) groups excluding carboxylic acids is 1. The van der Waals surface area contributed by atoms with E-state index in [-0.39, 0.29) is 5.97 Å². The van der Waals surface area contributed by atoms with Crippen molar-refractivity contribution in [1.29, 1.82) is 0 Å². The molecule has 0 spiro atoms. The number of hydrogen-bond donors (Lipinski definition) is 0. The summed E-state index contributed by atoms with van der Waals surface area (Å²) < 4.78 is 15.5. The Morgan fingerprint density at radius 2 is 1.95 bits per heavy atom. The van der Waals surface area contributed by atoms with Gasteiger partial charge in [0.2, 0.25) is 0 Å². The van der Waals surface area contributed by atoms with Crippen LogP contribution in [0.15, 0.2) is 36.4 Å². The van der Waals surface area contributed by atoms with Gasteiger partial charge in [0.05, 0.1) is 20.3 Å². The highest BCUT2D eigenvalue weighted by Crippen LogP contribution is 2.12. The first-order chi connectivity index (χ1) is 10.3. The highest BCUT2D eigenvalue weighted by molar-refractivity contribution is 5.81. The monoisotopic (exact) mass is 292 g/mol. The van der Waals surface area contributed by atoms with Crippen LogP contribution in [0.1, 0.15) is 31.7 Å². The van der Waals surface area contributed by atoms with Crippen molar-refractivity contribution in [3.05, 3.63) is 42.0 Å². The van der Waals surface area contributed by atoms with Gasteiger partial charge in [-0.25, -0.2) is 4.79 Å². The van der Waals surface area contributed by atoms with Crippen molar-refractivity contribution in [1.82, 2.24) is 0 Å². The molecule has 0 heterocycles. The number of esters is 1. The Morgan fingerprint density at radius 3 is 2.62 bits per heavy atom. The minimum atomic E-state index is -0.270.